The maximum absolute atomic E-state index is 12.0. The first-order valence-corrected chi connectivity index (χ1v) is 11.5. The molecule has 0 spiro atoms. The van der Waals surface area contributed by atoms with Crippen LogP contribution in [0.15, 0.2) is 48.5 Å². The highest BCUT2D eigenvalue weighted by atomic mass is 16.7. The van der Waals surface area contributed by atoms with Gasteiger partial charge in [0.05, 0.1) is 12.7 Å². The molecule has 1 aliphatic carbocycles. The summed E-state index contributed by atoms with van der Waals surface area (Å²) < 4.78 is 15.8. The Morgan fingerprint density at radius 3 is 2.38 bits per heavy atom. The number of benzene rings is 2. The molecule has 0 saturated carbocycles. The number of ether oxygens (including phenoxy) is 3. The van der Waals surface area contributed by atoms with Gasteiger partial charge >= 0.3 is 5.97 Å². The van der Waals surface area contributed by atoms with Crippen LogP contribution in [-0.4, -0.2) is 46.7 Å². The Balaban J connectivity index is 1.50. The third-order valence-electron chi connectivity index (χ3n) is 6.75. The van der Waals surface area contributed by atoms with Gasteiger partial charge in [-0.25, -0.2) is 4.79 Å². The van der Waals surface area contributed by atoms with Gasteiger partial charge < -0.3 is 19.1 Å². The van der Waals surface area contributed by atoms with Crippen LogP contribution in [0.2, 0.25) is 0 Å². The van der Waals surface area contributed by atoms with E-state index in [0.717, 1.165) is 45.2 Å². The fraction of sp³-hybridized carbons (Fsp3) is 0.444. The first kappa shape index (κ1) is 22.6. The number of fused-ring (bicyclic) bond motifs is 1. The summed E-state index contributed by atoms with van der Waals surface area (Å²) in [4.78, 5) is 14.4. The van der Waals surface area contributed by atoms with E-state index in [0.29, 0.717) is 11.5 Å². The number of allylic oxidation sites excluding steroid dienone is 1. The van der Waals surface area contributed by atoms with Crippen LogP contribution < -0.4 is 4.90 Å². The summed E-state index contributed by atoms with van der Waals surface area (Å²) in [6.45, 7) is 2.02. The zero-order valence-corrected chi connectivity index (χ0v) is 19.3. The monoisotopic (exact) mass is 435 g/mol. The van der Waals surface area contributed by atoms with Crippen LogP contribution in [0.25, 0.3) is 5.57 Å². The normalized spacial score (nSPS) is 17.0. The van der Waals surface area contributed by atoms with Crippen molar-refractivity contribution in [2.75, 3.05) is 39.3 Å². The Kier molecular flexibility index (Phi) is 7.28. The molecular formula is C27H33NO4. The summed E-state index contributed by atoms with van der Waals surface area (Å²) in [6, 6.07) is 14.8. The van der Waals surface area contributed by atoms with E-state index in [2.05, 4.69) is 41.3 Å². The molecule has 2 aromatic rings. The fourth-order valence-electron chi connectivity index (χ4n) is 4.99. The van der Waals surface area contributed by atoms with Crippen molar-refractivity contribution in [3.05, 3.63) is 70.8 Å². The number of hydrogen-bond acceptors (Lipinski definition) is 5. The standard InChI is InChI=1S/C27H33NO4/c1-30-26(29)22-10-13-25-21(18-22)6-4-5-7-24(25)19-8-11-23(12-9-19)28-16-14-20(15-17-28)27(31-2)32-3/h7-13,18,20,27H,4-6,14-17H2,1-3H3. The number of carbonyl (C=O) groups is 1. The lowest BCUT2D eigenvalue weighted by atomic mass is 9.92. The average Bonchev–Trinajstić information content (AvgIpc) is 3.07. The number of aryl methyl sites for hydroxylation is 1. The molecule has 5 heteroatoms. The Bertz CT molecular complexity index is 954. The first-order chi connectivity index (χ1) is 15.6. The fourth-order valence-corrected chi connectivity index (χ4v) is 4.99. The molecule has 1 heterocycles. The molecular weight excluding hydrogens is 402 g/mol. The third-order valence-corrected chi connectivity index (χ3v) is 6.75. The van der Waals surface area contributed by atoms with Crippen LogP contribution in [-0.2, 0) is 20.6 Å². The molecule has 0 amide bonds. The minimum Gasteiger partial charge on any atom is -0.465 e. The van der Waals surface area contributed by atoms with E-state index in [1.165, 1.54) is 35.1 Å². The van der Waals surface area contributed by atoms with Crippen molar-refractivity contribution in [1.82, 2.24) is 0 Å². The van der Waals surface area contributed by atoms with Crippen molar-refractivity contribution in [2.24, 2.45) is 5.92 Å². The molecule has 0 atom stereocenters. The van der Waals surface area contributed by atoms with E-state index >= 15 is 0 Å². The van der Waals surface area contributed by atoms with Crippen molar-refractivity contribution in [2.45, 2.75) is 38.4 Å². The largest absolute Gasteiger partial charge is 0.465 e. The number of carbonyl (C=O) groups excluding carboxylic acids is 1. The molecule has 32 heavy (non-hydrogen) atoms. The Morgan fingerprint density at radius 2 is 1.72 bits per heavy atom. The molecule has 0 unspecified atom stereocenters. The summed E-state index contributed by atoms with van der Waals surface area (Å²) in [7, 11) is 4.86. The Hall–Kier alpha value is -2.63. The molecule has 1 aliphatic heterocycles. The lowest BCUT2D eigenvalue weighted by Gasteiger charge is -2.36. The van der Waals surface area contributed by atoms with Gasteiger partial charge in [0.15, 0.2) is 6.29 Å². The molecule has 0 radical (unpaired) electrons. The second kappa shape index (κ2) is 10.3. The van der Waals surface area contributed by atoms with Crippen molar-refractivity contribution in [3.63, 3.8) is 0 Å². The minimum absolute atomic E-state index is 0.110. The molecule has 0 aromatic heterocycles. The highest BCUT2D eigenvalue weighted by Crippen LogP contribution is 2.33. The number of nitrogens with zero attached hydrogens (tertiary/aromatic N) is 1. The molecule has 4 rings (SSSR count). The lowest BCUT2D eigenvalue weighted by Crippen LogP contribution is -2.39. The predicted octanol–water partition coefficient (Wildman–Crippen LogP) is 5.08. The summed E-state index contributed by atoms with van der Waals surface area (Å²) in [5.74, 6) is 0.168. The highest BCUT2D eigenvalue weighted by Gasteiger charge is 2.26. The summed E-state index contributed by atoms with van der Waals surface area (Å²) in [5.41, 5.74) is 6.78. The zero-order chi connectivity index (χ0) is 22.5. The zero-order valence-electron chi connectivity index (χ0n) is 19.3. The topological polar surface area (TPSA) is 48.0 Å². The minimum atomic E-state index is -0.280. The van der Waals surface area contributed by atoms with Gasteiger partial charge in [-0.15, -0.1) is 0 Å². The van der Waals surface area contributed by atoms with E-state index in [-0.39, 0.29) is 12.3 Å². The lowest BCUT2D eigenvalue weighted by molar-refractivity contribution is -0.141. The van der Waals surface area contributed by atoms with Gasteiger partial charge in [0.2, 0.25) is 0 Å². The van der Waals surface area contributed by atoms with E-state index in [1.807, 2.05) is 12.1 Å². The molecule has 2 aliphatic rings. The maximum Gasteiger partial charge on any atom is 0.337 e. The van der Waals surface area contributed by atoms with Gasteiger partial charge in [-0.05, 0) is 78.6 Å². The summed E-state index contributed by atoms with van der Waals surface area (Å²) in [5, 5.41) is 0. The predicted molar refractivity (Wildman–Crippen MR) is 127 cm³/mol. The van der Waals surface area contributed by atoms with Crippen molar-refractivity contribution in [3.8, 4) is 0 Å². The highest BCUT2D eigenvalue weighted by molar-refractivity contribution is 5.91. The smallest absolute Gasteiger partial charge is 0.337 e. The molecule has 170 valence electrons. The van der Waals surface area contributed by atoms with E-state index in [1.54, 1.807) is 14.2 Å². The molecule has 5 nitrogen and oxygen atoms in total. The van der Waals surface area contributed by atoms with Crippen LogP contribution in [0, 0.1) is 5.92 Å². The maximum atomic E-state index is 12.0. The van der Waals surface area contributed by atoms with Gasteiger partial charge in [0.1, 0.15) is 0 Å². The van der Waals surface area contributed by atoms with E-state index in [4.69, 9.17) is 14.2 Å². The molecule has 1 saturated heterocycles. The Morgan fingerprint density at radius 1 is 1.00 bits per heavy atom. The van der Waals surface area contributed by atoms with Gasteiger partial charge in [-0.1, -0.05) is 24.3 Å². The van der Waals surface area contributed by atoms with Crippen molar-refractivity contribution >= 4 is 17.2 Å². The van der Waals surface area contributed by atoms with Gasteiger partial charge in [0.25, 0.3) is 0 Å². The average molecular weight is 436 g/mol. The van der Waals surface area contributed by atoms with Crippen LogP contribution in [0.1, 0.15) is 52.7 Å². The number of esters is 1. The number of methoxy groups -OCH3 is 3. The number of piperidine rings is 1. The number of anilines is 1. The first-order valence-electron chi connectivity index (χ1n) is 11.5. The second-order valence-corrected chi connectivity index (χ2v) is 8.58. The molecule has 0 N–H and O–H groups in total. The van der Waals surface area contributed by atoms with Crippen LogP contribution in [0.5, 0.6) is 0 Å². The third kappa shape index (κ3) is 4.74. The number of rotatable bonds is 6. The van der Waals surface area contributed by atoms with Crippen LogP contribution in [0.4, 0.5) is 5.69 Å². The van der Waals surface area contributed by atoms with Gasteiger partial charge in [-0.2, -0.15) is 0 Å². The molecule has 2 aromatic carbocycles. The summed E-state index contributed by atoms with van der Waals surface area (Å²) in [6.07, 6.45) is 7.44. The Labute approximate surface area is 191 Å². The quantitative estimate of drug-likeness (QED) is 0.468. The molecule has 0 bridgehead atoms. The van der Waals surface area contributed by atoms with Crippen LogP contribution >= 0.6 is 0 Å². The molecule has 1 fully saturated rings. The van der Waals surface area contributed by atoms with Crippen molar-refractivity contribution in [1.29, 1.82) is 0 Å². The van der Waals surface area contributed by atoms with Crippen LogP contribution in [0.3, 0.4) is 0 Å². The SMILES string of the molecule is COC(=O)c1ccc2c(c1)CCCC=C2c1ccc(N2CCC(C(OC)OC)CC2)cc1. The number of hydrogen-bond donors (Lipinski definition) is 0. The summed E-state index contributed by atoms with van der Waals surface area (Å²) >= 11 is 0. The van der Waals surface area contributed by atoms with E-state index < -0.39 is 0 Å². The van der Waals surface area contributed by atoms with Gasteiger partial charge in [0, 0.05) is 38.9 Å². The van der Waals surface area contributed by atoms with E-state index in [9.17, 15) is 4.79 Å². The van der Waals surface area contributed by atoms with Gasteiger partial charge in [-0.3, -0.25) is 0 Å². The second-order valence-electron chi connectivity index (χ2n) is 8.58. The van der Waals surface area contributed by atoms with Crippen molar-refractivity contribution < 1.29 is 19.0 Å².